The van der Waals surface area contributed by atoms with Gasteiger partial charge in [-0.2, -0.15) is 0 Å². The molecular formula is C8H8Cl2O. The highest BCUT2D eigenvalue weighted by Gasteiger charge is 1.79. The van der Waals surface area contributed by atoms with Crippen molar-refractivity contribution in [2.24, 2.45) is 0 Å². The van der Waals surface area contributed by atoms with Gasteiger partial charge in [-0.1, -0.05) is 30.3 Å². The number of carbonyl (C=O) groups is 1. The average molecular weight is 191 g/mol. The van der Waals surface area contributed by atoms with E-state index in [2.05, 4.69) is 0 Å². The monoisotopic (exact) mass is 190 g/mol. The molecule has 1 aromatic rings. The van der Waals surface area contributed by atoms with Crippen LogP contribution in [0, 0.1) is 0 Å². The van der Waals surface area contributed by atoms with Gasteiger partial charge in [0.25, 0.3) is 0 Å². The molecule has 1 nitrogen and oxygen atoms in total. The van der Waals surface area contributed by atoms with Gasteiger partial charge in [0.05, 0.1) is 5.34 Å². The maximum atomic E-state index is 10.0. The number of hydrogen-bond donors (Lipinski definition) is 0. The normalized spacial score (nSPS) is 7.82. The molecular weight excluding hydrogens is 183 g/mol. The van der Waals surface area contributed by atoms with Crippen molar-refractivity contribution < 1.29 is 4.79 Å². The minimum atomic E-state index is 0.194. The van der Waals surface area contributed by atoms with E-state index in [0.717, 1.165) is 11.8 Å². The SMILES string of the molecule is ClCCl.O=Cc1ccccc1. The van der Waals surface area contributed by atoms with Gasteiger partial charge >= 0.3 is 0 Å². The fraction of sp³-hybridized carbons (Fsp3) is 0.125. The first-order valence-corrected chi connectivity index (χ1v) is 4.04. The van der Waals surface area contributed by atoms with Gasteiger partial charge in [-0.3, -0.25) is 4.79 Å². The van der Waals surface area contributed by atoms with E-state index >= 15 is 0 Å². The van der Waals surface area contributed by atoms with Crippen molar-refractivity contribution in [3.05, 3.63) is 35.9 Å². The summed E-state index contributed by atoms with van der Waals surface area (Å²) in [4.78, 5) is 10.0. The zero-order chi connectivity index (χ0) is 8.53. The minimum Gasteiger partial charge on any atom is -0.298 e. The van der Waals surface area contributed by atoms with Gasteiger partial charge in [0.2, 0.25) is 0 Å². The Bertz CT molecular complexity index is 187. The molecule has 1 rings (SSSR count). The molecule has 0 atom stereocenters. The molecule has 0 unspecified atom stereocenters. The van der Waals surface area contributed by atoms with E-state index in [1.165, 1.54) is 0 Å². The third kappa shape index (κ3) is 5.89. The fourth-order valence-corrected chi connectivity index (χ4v) is 0.532. The van der Waals surface area contributed by atoms with Gasteiger partial charge in [-0.15, -0.1) is 23.2 Å². The quantitative estimate of drug-likeness (QED) is 0.492. The molecule has 0 saturated carbocycles. The molecule has 0 radical (unpaired) electrons. The lowest BCUT2D eigenvalue weighted by Gasteiger charge is -1.81. The zero-order valence-corrected chi connectivity index (χ0v) is 7.35. The Hall–Kier alpha value is -0.530. The van der Waals surface area contributed by atoms with Crippen molar-refractivity contribution in [2.75, 3.05) is 5.34 Å². The van der Waals surface area contributed by atoms with Crippen LogP contribution in [0.2, 0.25) is 0 Å². The van der Waals surface area contributed by atoms with Gasteiger partial charge in [0.1, 0.15) is 6.29 Å². The largest absolute Gasteiger partial charge is 0.298 e. The van der Waals surface area contributed by atoms with Crippen molar-refractivity contribution in [3.8, 4) is 0 Å². The summed E-state index contributed by atoms with van der Waals surface area (Å²) in [5.74, 6) is 0. The van der Waals surface area contributed by atoms with Crippen LogP contribution in [0.3, 0.4) is 0 Å². The van der Waals surface area contributed by atoms with Crippen LogP contribution < -0.4 is 0 Å². The van der Waals surface area contributed by atoms with Crippen LogP contribution >= 0.6 is 23.2 Å². The fourth-order valence-electron chi connectivity index (χ4n) is 0.532. The summed E-state index contributed by atoms with van der Waals surface area (Å²) in [6, 6.07) is 9.10. The summed E-state index contributed by atoms with van der Waals surface area (Å²) in [6.45, 7) is 0. The standard InChI is InChI=1S/C7H6O.CH2Cl2/c8-6-7-4-2-1-3-5-7;2-1-3/h1-6H;1H2. The topological polar surface area (TPSA) is 17.1 Å². The van der Waals surface area contributed by atoms with Gasteiger partial charge in [0.15, 0.2) is 0 Å². The number of rotatable bonds is 1. The number of benzene rings is 1. The Morgan fingerprint density at radius 2 is 1.64 bits per heavy atom. The number of aldehydes is 1. The lowest BCUT2D eigenvalue weighted by atomic mass is 10.2. The average Bonchev–Trinajstić information content (AvgIpc) is 2.08. The first-order valence-electron chi connectivity index (χ1n) is 2.97. The Balaban J connectivity index is 0.000000292. The van der Waals surface area contributed by atoms with Gasteiger partial charge in [-0.25, -0.2) is 0 Å². The van der Waals surface area contributed by atoms with Gasteiger partial charge in [-0.05, 0) is 0 Å². The Labute approximate surface area is 75.9 Å². The van der Waals surface area contributed by atoms with E-state index in [4.69, 9.17) is 23.2 Å². The number of alkyl halides is 2. The smallest absolute Gasteiger partial charge is 0.150 e. The van der Waals surface area contributed by atoms with Crippen LogP contribution in [-0.4, -0.2) is 11.6 Å². The Kier molecular flexibility index (Phi) is 7.21. The van der Waals surface area contributed by atoms with E-state index in [9.17, 15) is 4.79 Å². The number of carbonyl (C=O) groups excluding carboxylic acids is 1. The lowest BCUT2D eigenvalue weighted by Crippen LogP contribution is -1.73. The highest BCUT2D eigenvalue weighted by Crippen LogP contribution is 1.91. The number of hydrogen-bond acceptors (Lipinski definition) is 1. The second-order valence-corrected chi connectivity index (χ2v) is 2.44. The van der Waals surface area contributed by atoms with E-state index in [-0.39, 0.29) is 5.34 Å². The highest BCUT2D eigenvalue weighted by molar-refractivity contribution is 6.40. The number of halogens is 2. The molecule has 0 aromatic heterocycles. The van der Waals surface area contributed by atoms with Crippen molar-refractivity contribution >= 4 is 29.5 Å². The summed E-state index contributed by atoms with van der Waals surface area (Å²) in [5, 5.41) is 0.194. The molecule has 0 aliphatic heterocycles. The third-order valence-corrected chi connectivity index (χ3v) is 0.936. The van der Waals surface area contributed by atoms with Crippen molar-refractivity contribution in [1.29, 1.82) is 0 Å². The summed E-state index contributed by atoms with van der Waals surface area (Å²) in [5.41, 5.74) is 0.729. The summed E-state index contributed by atoms with van der Waals surface area (Å²) < 4.78 is 0. The summed E-state index contributed by atoms with van der Waals surface area (Å²) in [6.07, 6.45) is 0.833. The highest BCUT2D eigenvalue weighted by atomic mass is 35.5. The molecule has 0 N–H and O–H groups in total. The van der Waals surface area contributed by atoms with Crippen molar-refractivity contribution in [1.82, 2.24) is 0 Å². The molecule has 0 aliphatic rings. The predicted molar refractivity (Wildman–Crippen MR) is 48.4 cm³/mol. The van der Waals surface area contributed by atoms with Crippen LogP contribution in [0.1, 0.15) is 10.4 Å². The molecule has 0 bridgehead atoms. The van der Waals surface area contributed by atoms with Crippen molar-refractivity contribution in [3.63, 3.8) is 0 Å². The molecule has 3 heteroatoms. The molecule has 0 spiro atoms. The lowest BCUT2D eigenvalue weighted by molar-refractivity contribution is 0.112. The van der Waals surface area contributed by atoms with Crippen LogP contribution in [0.5, 0.6) is 0 Å². The van der Waals surface area contributed by atoms with Crippen LogP contribution in [0.25, 0.3) is 0 Å². The Morgan fingerprint density at radius 3 is 1.91 bits per heavy atom. The van der Waals surface area contributed by atoms with E-state index in [0.29, 0.717) is 0 Å². The van der Waals surface area contributed by atoms with Crippen LogP contribution in [-0.2, 0) is 0 Å². The van der Waals surface area contributed by atoms with Crippen LogP contribution in [0.4, 0.5) is 0 Å². The predicted octanol–water partition coefficient (Wildman–Crippen LogP) is 2.92. The van der Waals surface area contributed by atoms with E-state index in [1.54, 1.807) is 12.1 Å². The first-order chi connectivity index (χ1) is 5.35. The molecule has 0 saturated heterocycles. The first kappa shape index (κ1) is 10.5. The molecule has 0 heterocycles. The minimum absolute atomic E-state index is 0.194. The summed E-state index contributed by atoms with van der Waals surface area (Å²) in [7, 11) is 0. The second-order valence-electron chi connectivity index (χ2n) is 1.63. The maximum absolute atomic E-state index is 10.0. The molecule has 0 aliphatic carbocycles. The van der Waals surface area contributed by atoms with Crippen LogP contribution in [0.15, 0.2) is 30.3 Å². The van der Waals surface area contributed by atoms with E-state index in [1.807, 2.05) is 18.2 Å². The zero-order valence-electron chi connectivity index (χ0n) is 5.84. The molecule has 0 amide bonds. The van der Waals surface area contributed by atoms with Gasteiger partial charge in [0, 0.05) is 5.56 Å². The van der Waals surface area contributed by atoms with Crippen molar-refractivity contribution in [2.45, 2.75) is 0 Å². The molecule has 1 aromatic carbocycles. The molecule has 60 valence electrons. The Morgan fingerprint density at radius 1 is 1.18 bits per heavy atom. The second kappa shape index (κ2) is 7.58. The third-order valence-electron chi connectivity index (χ3n) is 0.936. The summed E-state index contributed by atoms with van der Waals surface area (Å²) >= 11 is 9.53. The molecule has 11 heavy (non-hydrogen) atoms. The van der Waals surface area contributed by atoms with E-state index < -0.39 is 0 Å². The van der Waals surface area contributed by atoms with Gasteiger partial charge < -0.3 is 0 Å². The molecule has 0 fully saturated rings. The maximum Gasteiger partial charge on any atom is 0.150 e.